The minimum absolute atomic E-state index is 0.186. The van der Waals surface area contributed by atoms with Crippen molar-refractivity contribution in [3.05, 3.63) is 0 Å². The third-order valence-electron chi connectivity index (χ3n) is 2.13. The van der Waals surface area contributed by atoms with Crippen molar-refractivity contribution < 1.29 is 14.7 Å². The molecule has 2 N–H and O–H groups in total. The summed E-state index contributed by atoms with van der Waals surface area (Å²) in [6.45, 7) is 7.42. The van der Waals surface area contributed by atoms with Crippen molar-refractivity contribution in [1.82, 2.24) is 10.2 Å². The molecule has 0 radical (unpaired) electrons. The van der Waals surface area contributed by atoms with E-state index in [1.54, 1.807) is 0 Å². The van der Waals surface area contributed by atoms with Crippen LogP contribution in [0.25, 0.3) is 0 Å². The predicted molar refractivity (Wildman–Crippen MR) is 52.8 cm³/mol. The molecule has 0 aromatic rings. The number of amides is 1. The van der Waals surface area contributed by atoms with Crippen molar-refractivity contribution in [3.8, 4) is 0 Å². The van der Waals surface area contributed by atoms with Gasteiger partial charge in [-0.25, -0.2) is 4.79 Å². The Bertz CT molecular complexity index is 202. The van der Waals surface area contributed by atoms with Gasteiger partial charge in [0.2, 0.25) is 0 Å². The molecule has 5 heteroatoms. The fourth-order valence-electron chi connectivity index (χ4n) is 1.33. The van der Waals surface area contributed by atoms with Gasteiger partial charge in [-0.2, -0.15) is 0 Å². The number of carbonyl (C=O) groups is 2. The average molecular weight is 202 g/mol. The zero-order valence-electron chi connectivity index (χ0n) is 8.91. The Hall–Kier alpha value is -1.10. The molecule has 1 unspecified atom stereocenters. The topological polar surface area (TPSA) is 69.6 Å². The van der Waals surface area contributed by atoms with Gasteiger partial charge < -0.3 is 10.4 Å². The van der Waals surface area contributed by atoms with Crippen molar-refractivity contribution in [2.24, 2.45) is 0 Å². The minimum Gasteiger partial charge on any atom is -0.474 e. The van der Waals surface area contributed by atoms with Crippen molar-refractivity contribution in [1.29, 1.82) is 0 Å². The number of hydrogen-bond acceptors (Lipinski definition) is 3. The van der Waals surface area contributed by atoms with Gasteiger partial charge in [-0.05, 0) is 19.5 Å². The van der Waals surface area contributed by atoms with Crippen LogP contribution in [0.3, 0.4) is 0 Å². The smallest absolute Gasteiger partial charge is 0.394 e. The highest BCUT2D eigenvalue weighted by molar-refractivity contribution is 6.31. The molecule has 5 nitrogen and oxygen atoms in total. The van der Waals surface area contributed by atoms with E-state index in [4.69, 9.17) is 5.11 Å². The van der Waals surface area contributed by atoms with Crippen molar-refractivity contribution >= 4 is 11.9 Å². The van der Waals surface area contributed by atoms with E-state index in [-0.39, 0.29) is 6.17 Å². The molecule has 0 aliphatic carbocycles. The molecule has 0 aliphatic heterocycles. The number of carboxylic acids is 1. The van der Waals surface area contributed by atoms with Crippen molar-refractivity contribution in [2.75, 3.05) is 13.1 Å². The number of nitrogens with zero attached hydrogens (tertiary/aromatic N) is 1. The Labute approximate surface area is 84.1 Å². The molecule has 0 aromatic carbocycles. The van der Waals surface area contributed by atoms with E-state index in [0.29, 0.717) is 6.42 Å². The maximum Gasteiger partial charge on any atom is 0.394 e. The summed E-state index contributed by atoms with van der Waals surface area (Å²) < 4.78 is 0. The summed E-state index contributed by atoms with van der Waals surface area (Å²) >= 11 is 0. The van der Waals surface area contributed by atoms with Crippen LogP contribution in [0, 0.1) is 0 Å². The quantitative estimate of drug-likeness (QED) is 0.496. The lowest BCUT2D eigenvalue weighted by Crippen LogP contribution is -2.49. The largest absolute Gasteiger partial charge is 0.474 e. The third-order valence-corrected chi connectivity index (χ3v) is 2.13. The molecule has 0 bridgehead atoms. The molecule has 0 spiro atoms. The molecular formula is C9H18N2O3. The predicted octanol–water partition coefficient (Wildman–Crippen LogP) is 0.265. The van der Waals surface area contributed by atoms with Crippen LogP contribution < -0.4 is 5.32 Å². The maximum atomic E-state index is 10.9. The highest BCUT2D eigenvalue weighted by Gasteiger charge is 2.19. The number of nitrogens with one attached hydrogen (secondary N) is 1. The summed E-state index contributed by atoms with van der Waals surface area (Å²) in [6, 6.07) is 0. The summed E-state index contributed by atoms with van der Waals surface area (Å²) in [7, 11) is 0. The molecule has 0 aliphatic rings. The molecule has 0 heterocycles. The molecule has 0 aromatic heterocycles. The number of aliphatic carboxylic acids is 1. The van der Waals surface area contributed by atoms with Crippen LogP contribution in [0.4, 0.5) is 0 Å². The summed E-state index contributed by atoms with van der Waals surface area (Å²) in [4.78, 5) is 23.2. The molecule has 0 saturated heterocycles. The first-order valence-electron chi connectivity index (χ1n) is 4.84. The number of carbonyl (C=O) groups excluding carboxylic acids is 1. The van der Waals surface area contributed by atoms with Crippen LogP contribution in [0.5, 0.6) is 0 Å². The van der Waals surface area contributed by atoms with Gasteiger partial charge in [-0.3, -0.25) is 9.69 Å². The average Bonchev–Trinajstić information content (AvgIpc) is 2.17. The zero-order chi connectivity index (χ0) is 11.1. The monoisotopic (exact) mass is 202 g/mol. The summed E-state index contributed by atoms with van der Waals surface area (Å²) in [6.07, 6.45) is 0.509. The molecule has 0 fully saturated rings. The molecule has 0 rings (SSSR count). The highest BCUT2D eigenvalue weighted by atomic mass is 16.4. The van der Waals surface area contributed by atoms with Crippen LogP contribution in [0.2, 0.25) is 0 Å². The second-order valence-electron chi connectivity index (χ2n) is 2.92. The van der Waals surface area contributed by atoms with E-state index in [2.05, 4.69) is 5.32 Å². The molecule has 14 heavy (non-hydrogen) atoms. The molecule has 0 saturated carbocycles. The van der Waals surface area contributed by atoms with E-state index in [1.165, 1.54) is 0 Å². The summed E-state index contributed by atoms with van der Waals surface area (Å²) in [5, 5.41) is 10.9. The van der Waals surface area contributed by atoms with Gasteiger partial charge in [-0.15, -0.1) is 0 Å². The van der Waals surface area contributed by atoms with Gasteiger partial charge in [0, 0.05) is 0 Å². The van der Waals surface area contributed by atoms with Crippen molar-refractivity contribution in [3.63, 3.8) is 0 Å². The van der Waals surface area contributed by atoms with E-state index < -0.39 is 11.9 Å². The number of carboxylic acid groups (broad SMARTS) is 1. The Morgan fingerprint density at radius 2 is 1.79 bits per heavy atom. The Balaban J connectivity index is 4.27. The van der Waals surface area contributed by atoms with Crippen LogP contribution >= 0.6 is 0 Å². The summed E-state index contributed by atoms with van der Waals surface area (Å²) in [5.41, 5.74) is 0. The van der Waals surface area contributed by atoms with E-state index in [0.717, 1.165) is 13.1 Å². The van der Waals surface area contributed by atoms with Gasteiger partial charge >= 0.3 is 11.9 Å². The summed E-state index contributed by atoms with van der Waals surface area (Å²) in [5.74, 6) is -2.38. The van der Waals surface area contributed by atoms with Crippen LogP contribution in [0.1, 0.15) is 27.2 Å². The van der Waals surface area contributed by atoms with E-state index in [1.807, 2.05) is 25.7 Å². The lowest BCUT2D eigenvalue weighted by Gasteiger charge is -2.28. The normalized spacial score (nSPS) is 12.6. The van der Waals surface area contributed by atoms with Gasteiger partial charge in [0.15, 0.2) is 0 Å². The van der Waals surface area contributed by atoms with Gasteiger partial charge in [0.25, 0.3) is 0 Å². The fourth-order valence-corrected chi connectivity index (χ4v) is 1.33. The Morgan fingerprint density at radius 3 is 2.07 bits per heavy atom. The van der Waals surface area contributed by atoms with Crippen LogP contribution in [-0.4, -0.2) is 41.1 Å². The SMILES string of the molecule is CCC(NC(=O)C(=O)O)N(CC)CC. The van der Waals surface area contributed by atoms with Crippen molar-refractivity contribution in [2.45, 2.75) is 33.4 Å². The minimum atomic E-state index is -1.43. The first-order chi connectivity index (χ1) is 6.56. The van der Waals surface area contributed by atoms with Gasteiger partial charge in [0.1, 0.15) is 0 Å². The Kier molecular flexibility index (Phi) is 5.87. The molecular weight excluding hydrogens is 184 g/mol. The van der Waals surface area contributed by atoms with E-state index in [9.17, 15) is 9.59 Å². The third kappa shape index (κ3) is 3.74. The molecule has 82 valence electrons. The van der Waals surface area contributed by atoms with E-state index >= 15 is 0 Å². The van der Waals surface area contributed by atoms with Crippen LogP contribution in [0.15, 0.2) is 0 Å². The lowest BCUT2D eigenvalue weighted by atomic mass is 10.3. The first kappa shape index (κ1) is 12.9. The van der Waals surface area contributed by atoms with Gasteiger partial charge in [0.05, 0.1) is 6.17 Å². The standard InChI is InChI=1S/C9H18N2O3/c1-4-7(11(5-2)6-3)10-8(12)9(13)14/h7H,4-6H2,1-3H3,(H,10,12)(H,13,14). The molecule has 1 atom stereocenters. The number of hydrogen-bond donors (Lipinski definition) is 2. The van der Waals surface area contributed by atoms with Gasteiger partial charge in [-0.1, -0.05) is 20.8 Å². The van der Waals surface area contributed by atoms with Crippen LogP contribution in [-0.2, 0) is 9.59 Å². The Morgan fingerprint density at radius 1 is 1.29 bits per heavy atom. The fraction of sp³-hybridized carbons (Fsp3) is 0.778. The molecule has 1 amide bonds. The first-order valence-corrected chi connectivity index (χ1v) is 4.84. The second kappa shape index (κ2) is 6.37. The second-order valence-corrected chi connectivity index (χ2v) is 2.92. The maximum absolute atomic E-state index is 10.9. The zero-order valence-corrected chi connectivity index (χ0v) is 8.91. The highest BCUT2D eigenvalue weighted by Crippen LogP contribution is 1.99. The number of rotatable bonds is 5. The lowest BCUT2D eigenvalue weighted by molar-refractivity contribution is -0.151.